The highest BCUT2D eigenvalue weighted by molar-refractivity contribution is 7.91. The number of thiophene rings is 1. The zero-order chi connectivity index (χ0) is 24.5. The number of non-ortho nitro benzene ring substituents is 1. The number of carbonyl (C=O) groups excluding carboxylic acids is 1. The first-order chi connectivity index (χ1) is 16.2. The van der Waals surface area contributed by atoms with Gasteiger partial charge in [0.25, 0.3) is 21.6 Å². The largest absolute Gasteiger partial charge is 0.383 e. The van der Waals surface area contributed by atoms with Crippen LogP contribution in [0.4, 0.5) is 5.69 Å². The van der Waals surface area contributed by atoms with Gasteiger partial charge in [-0.2, -0.15) is 9.30 Å². The Morgan fingerprint density at radius 3 is 2.79 bits per heavy atom. The van der Waals surface area contributed by atoms with Gasteiger partial charge in [-0.25, -0.2) is 8.42 Å². The fourth-order valence-electron chi connectivity index (χ4n) is 3.77. The number of aromatic nitrogens is 1. The van der Waals surface area contributed by atoms with Crippen LogP contribution in [0.5, 0.6) is 0 Å². The molecular formula is C20H21ClN4O6S3. The Kier molecular flexibility index (Phi) is 7.50. The van der Waals surface area contributed by atoms with Crippen molar-refractivity contribution in [3.8, 4) is 0 Å². The van der Waals surface area contributed by atoms with Crippen LogP contribution in [0, 0.1) is 16.0 Å². The van der Waals surface area contributed by atoms with Crippen molar-refractivity contribution >= 4 is 66.1 Å². The van der Waals surface area contributed by atoms with E-state index < -0.39 is 26.8 Å². The number of methoxy groups -OCH3 is 1. The Labute approximate surface area is 208 Å². The van der Waals surface area contributed by atoms with E-state index in [4.69, 9.17) is 16.3 Å². The van der Waals surface area contributed by atoms with Gasteiger partial charge in [0.15, 0.2) is 4.80 Å². The second kappa shape index (κ2) is 10.2. The van der Waals surface area contributed by atoms with Crippen molar-refractivity contribution in [2.24, 2.45) is 10.9 Å². The number of halogens is 1. The number of nitro benzene ring substituents is 1. The number of hydrogen-bond acceptors (Lipinski definition) is 8. The number of carbonyl (C=O) groups is 1. The van der Waals surface area contributed by atoms with Gasteiger partial charge in [0.1, 0.15) is 4.21 Å². The Morgan fingerprint density at radius 2 is 2.12 bits per heavy atom. The molecule has 0 N–H and O–H groups in total. The van der Waals surface area contributed by atoms with Crippen LogP contribution in [0.1, 0.15) is 12.8 Å². The average Bonchev–Trinajstić information content (AvgIpc) is 3.40. The summed E-state index contributed by atoms with van der Waals surface area (Å²) in [4.78, 5) is 28.5. The molecule has 4 rings (SSSR count). The third-order valence-corrected chi connectivity index (χ3v) is 10.1. The van der Waals surface area contributed by atoms with Gasteiger partial charge in [-0.15, -0.1) is 11.3 Å². The van der Waals surface area contributed by atoms with E-state index in [1.54, 1.807) is 17.7 Å². The third kappa shape index (κ3) is 5.09. The number of nitro groups is 1. The van der Waals surface area contributed by atoms with Crippen molar-refractivity contribution in [2.75, 3.05) is 26.8 Å². The number of sulfonamides is 1. The summed E-state index contributed by atoms with van der Waals surface area (Å²) in [6.07, 6.45) is 1.06. The molecule has 10 nitrogen and oxygen atoms in total. The van der Waals surface area contributed by atoms with E-state index in [0.29, 0.717) is 51.9 Å². The minimum atomic E-state index is -3.74. The molecule has 0 aliphatic carbocycles. The first kappa shape index (κ1) is 24.9. The van der Waals surface area contributed by atoms with Crippen molar-refractivity contribution < 1.29 is 22.9 Å². The number of fused-ring (bicyclic) bond motifs is 1. The lowest BCUT2D eigenvalue weighted by atomic mass is 9.99. The lowest BCUT2D eigenvalue weighted by molar-refractivity contribution is -0.384. The maximum Gasteiger partial charge on any atom is 0.270 e. The molecule has 1 atom stereocenters. The maximum atomic E-state index is 13.1. The van der Waals surface area contributed by atoms with Crippen LogP contribution in [-0.2, 0) is 26.1 Å². The van der Waals surface area contributed by atoms with E-state index >= 15 is 0 Å². The number of hydrogen-bond donors (Lipinski definition) is 0. The van der Waals surface area contributed by atoms with Gasteiger partial charge in [-0.1, -0.05) is 22.9 Å². The molecule has 1 aromatic carbocycles. The minimum absolute atomic E-state index is 0.0363. The SMILES string of the molecule is COCCn1c(=NC(=O)C2CCCN(S(=O)(=O)c3ccc(Cl)s3)C2)sc2cc([N+](=O)[O-])ccc21. The molecule has 0 saturated carbocycles. The highest BCUT2D eigenvalue weighted by Gasteiger charge is 2.34. The van der Waals surface area contributed by atoms with Crippen LogP contribution in [0.3, 0.4) is 0 Å². The lowest BCUT2D eigenvalue weighted by Gasteiger charge is -2.29. The molecule has 1 aliphatic rings. The van der Waals surface area contributed by atoms with Gasteiger partial charge < -0.3 is 9.30 Å². The molecule has 182 valence electrons. The first-order valence-corrected chi connectivity index (χ1v) is 13.8. The number of thiazole rings is 1. The standard InChI is InChI=1S/C20H21ClN4O6S3/c1-31-10-9-24-15-5-4-14(25(27)28)11-16(15)32-20(24)22-19(26)13-3-2-8-23(12-13)34(29,30)18-7-6-17(21)33-18/h4-7,11,13H,2-3,8-10,12H2,1H3. The number of piperidine rings is 1. The van der Waals surface area contributed by atoms with Crippen molar-refractivity contribution in [3.05, 3.63) is 49.6 Å². The second-order valence-electron chi connectivity index (χ2n) is 7.65. The zero-order valence-electron chi connectivity index (χ0n) is 18.0. The Bertz CT molecular complexity index is 1410. The van der Waals surface area contributed by atoms with E-state index in [1.165, 1.54) is 39.9 Å². The summed E-state index contributed by atoms with van der Waals surface area (Å²) in [5.41, 5.74) is 0.661. The summed E-state index contributed by atoms with van der Waals surface area (Å²) < 4.78 is 35.3. The molecular weight excluding hydrogens is 524 g/mol. The van der Waals surface area contributed by atoms with Crippen LogP contribution < -0.4 is 4.80 Å². The Hall–Kier alpha value is -2.16. The zero-order valence-corrected chi connectivity index (χ0v) is 21.3. The molecule has 1 unspecified atom stereocenters. The van der Waals surface area contributed by atoms with Crippen LogP contribution in [-0.4, -0.2) is 54.9 Å². The molecule has 1 aliphatic heterocycles. The van der Waals surface area contributed by atoms with E-state index in [2.05, 4.69) is 4.99 Å². The predicted octanol–water partition coefficient (Wildman–Crippen LogP) is 3.50. The highest BCUT2D eigenvalue weighted by atomic mass is 35.5. The van der Waals surface area contributed by atoms with Crippen LogP contribution in [0.25, 0.3) is 10.2 Å². The van der Waals surface area contributed by atoms with Gasteiger partial charge in [0.2, 0.25) is 0 Å². The highest BCUT2D eigenvalue weighted by Crippen LogP contribution is 2.31. The van der Waals surface area contributed by atoms with Crippen molar-refractivity contribution in [3.63, 3.8) is 0 Å². The second-order valence-corrected chi connectivity index (χ2v) is 12.5. The lowest BCUT2D eigenvalue weighted by Crippen LogP contribution is -2.42. The molecule has 0 bridgehead atoms. The van der Waals surface area contributed by atoms with E-state index in [9.17, 15) is 23.3 Å². The summed E-state index contributed by atoms with van der Waals surface area (Å²) in [6, 6.07) is 7.49. The smallest absolute Gasteiger partial charge is 0.270 e. The van der Waals surface area contributed by atoms with E-state index in [-0.39, 0.29) is 16.4 Å². The van der Waals surface area contributed by atoms with E-state index in [1.807, 2.05) is 0 Å². The topological polar surface area (TPSA) is 124 Å². The van der Waals surface area contributed by atoms with Crippen molar-refractivity contribution in [1.82, 2.24) is 8.87 Å². The van der Waals surface area contributed by atoms with Crippen LogP contribution in [0.15, 0.2) is 39.5 Å². The summed E-state index contributed by atoms with van der Waals surface area (Å²) in [5.74, 6) is -1.01. The molecule has 34 heavy (non-hydrogen) atoms. The molecule has 3 aromatic rings. The molecule has 1 amide bonds. The predicted molar refractivity (Wildman–Crippen MR) is 130 cm³/mol. The summed E-state index contributed by atoms with van der Waals surface area (Å²) in [7, 11) is -2.19. The number of amides is 1. The van der Waals surface area contributed by atoms with Gasteiger partial charge in [-0.3, -0.25) is 14.9 Å². The summed E-state index contributed by atoms with van der Waals surface area (Å²) in [5, 5.41) is 11.2. The molecule has 1 fully saturated rings. The fraction of sp³-hybridized carbons (Fsp3) is 0.400. The van der Waals surface area contributed by atoms with Gasteiger partial charge in [-0.05, 0) is 31.0 Å². The van der Waals surface area contributed by atoms with Gasteiger partial charge in [0, 0.05) is 38.9 Å². The molecule has 0 spiro atoms. The minimum Gasteiger partial charge on any atom is -0.383 e. The Balaban J connectivity index is 1.64. The van der Waals surface area contributed by atoms with E-state index in [0.717, 1.165) is 11.3 Å². The van der Waals surface area contributed by atoms with Crippen molar-refractivity contribution in [2.45, 2.75) is 23.6 Å². The number of rotatable bonds is 7. The van der Waals surface area contributed by atoms with Gasteiger partial charge >= 0.3 is 0 Å². The first-order valence-electron chi connectivity index (χ1n) is 10.3. The summed E-state index contributed by atoms with van der Waals surface area (Å²) in [6.45, 7) is 1.13. The number of nitrogens with zero attached hydrogens (tertiary/aromatic N) is 4. The monoisotopic (exact) mass is 544 g/mol. The Morgan fingerprint density at radius 1 is 1.32 bits per heavy atom. The van der Waals surface area contributed by atoms with Gasteiger partial charge in [0.05, 0.1) is 32.0 Å². The van der Waals surface area contributed by atoms with Crippen LogP contribution >= 0.6 is 34.3 Å². The third-order valence-electron chi connectivity index (χ3n) is 5.48. The van der Waals surface area contributed by atoms with Crippen LogP contribution in [0.2, 0.25) is 4.34 Å². The molecule has 3 heterocycles. The normalized spacial score (nSPS) is 17.9. The maximum absolute atomic E-state index is 13.1. The molecule has 0 radical (unpaired) electrons. The quantitative estimate of drug-likeness (QED) is 0.331. The average molecular weight is 545 g/mol. The fourth-order valence-corrected chi connectivity index (χ4v) is 8.03. The molecule has 2 aromatic heterocycles. The summed E-state index contributed by atoms with van der Waals surface area (Å²) >= 11 is 8.06. The molecule has 14 heteroatoms. The number of benzene rings is 1. The van der Waals surface area contributed by atoms with Crippen molar-refractivity contribution in [1.29, 1.82) is 0 Å². The number of ether oxygens (including phenoxy) is 1. The molecule has 1 saturated heterocycles.